The molecule has 136 valence electrons. The average molecular weight is 376 g/mol. The summed E-state index contributed by atoms with van der Waals surface area (Å²) in [5, 5.41) is 6.97. The maximum absolute atomic E-state index is 13.2. The van der Waals surface area contributed by atoms with Gasteiger partial charge >= 0.3 is 6.03 Å². The smallest absolute Gasteiger partial charge is 0.319 e. The Hall–Kier alpha value is -2.86. The van der Waals surface area contributed by atoms with Crippen LogP contribution in [0.25, 0.3) is 11.5 Å². The molecule has 0 aliphatic carbocycles. The van der Waals surface area contributed by atoms with Crippen LogP contribution in [-0.4, -0.2) is 26.4 Å². The van der Waals surface area contributed by atoms with Crippen molar-refractivity contribution in [1.29, 1.82) is 0 Å². The lowest BCUT2D eigenvalue weighted by molar-refractivity contribution is 0.253. The van der Waals surface area contributed by atoms with E-state index in [9.17, 15) is 9.18 Å². The Kier molecular flexibility index (Phi) is 6.74. The number of rotatable bonds is 5. The standard InChI is InChI=1S/C19H19ClFN3O2/c1-12(14-6-4-5-7-15(14)18(22-2)26-3)11-23-19(25)24-13-8-9-17(21)16(20)10-13/h4-10H,2,11H2,1,3H3,(H2,23,24,25)/b14-12+,18-15+. The largest absolute Gasteiger partial charge is 0.481 e. The predicted octanol–water partition coefficient (Wildman–Crippen LogP) is 2.88. The second-order valence-corrected chi connectivity index (χ2v) is 5.84. The summed E-state index contributed by atoms with van der Waals surface area (Å²) in [6.45, 7) is 5.70. The zero-order valence-corrected chi connectivity index (χ0v) is 15.2. The molecular formula is C19H19ClFN3O2. The minimum Gasteiger partial charge on any atom is -0.481 e. The number of nitrogens with zero attached hydrogens (tertiary/aromatic N) is 1. The van der Waals surface area contributed by atoms with Crippen molar-refractivity contribution in [2.24, 2.45) is 4.99 Å². The summed E-state index contributed by atoms with van der Waals surface area (Å²) in [5.41, 5.74) is 1.31. The summed E-state index contributed by atoms with van der Waals surface area (Å²) < 4.78 is 18.4. The molecule has 0 aliphatic rings. The van der Waals surface area contributed by atoms with Crippen molar-refractivity contribution in [3.63, 3.8) is 0 Å². The Morgan fingerprint density at radius 3 is 2.58 bits per heavy atom. The van der Waals surface area contributed by atoms with Crippen molar-refractivity contribution in [3.05, 3.63) is 63.7 Å². The molecule has 2 rings (SSSR count). The van der Waals surface area contributed by atoms with Crippen LogP contribution < -0.4 is 21.1 Å². The fraction of sp³-hybridized carbons (Fsp3) is 0.158. The van der Waals surface area contributed by atoms with E-state index in [-0.39, 0.29) is 5.02 Å². The molecule has 0 heterocycles. The Morgan fingerprint density at radius 1 is 1.27 bits per heavy atom. The molecule has 5 nitrogen and oxygen atoms in total. The molecule has 0 bridgehead atoms. The summed E-state index contributed by atoms with van der Waals surface area (Å²) in [6, 6.07) is 11.1. The fourth-order valence-corrected chi connectivity index (χ4v) is 2.54. The number of urea groups is 1. The van der Waals surface area contributed by atoms with Gasteiger partial charge < -0.3 is 15.4 Å². The van der Waals surface area contributed by atoms with E-state index >= 15 is 0 Å². The maximum atomic E-state index is 13.2. The first kappa shape index (κ1) is 19.5. The van der Waals surface area contributed by atoms with Crippen LogP contribution in [-0.2, 0) is 4.74 Å². The van der Waals surface area contributed by atoms with E-state index in [4.69, 9.17) is 16.3 Å². The van der Waals surface area contributed by atoms with Gasteiger partial charge in [-0.25, -0.2) is 14.2 Å². The first-order chi connectivity index (χ1) is 12.5. The summed E-state index contributed by atoms with van der Waals surface area (Å²) >= 11 is 5.70. The van der Waals surface area contributed by atoms with Gasteiger partial charge in [-0.2, -0.15) is 0 Å². The highest BCUT2D eigenvalue weighted by Crippen LogP contribution is 2.19. The van der Waals surface area contributed by atoms with Gasteiger partial charge in [0.1, 0.15) is 5.82 Å². The third-order valence-corrected chi connectivity index (χ3v) is 3.94. The molecule has 0 aliphatic heterocycles. The van der Waals surface area contributed by atoms with Gasteiger partial charge in [-0.1, -0.05) is 29.8 Å². The van der Waals surface area contributed by atoms with E-state index < -0.39 is 11.8 Å². The number of carbonyl (C=O) groups excluding carboxylic acids is 1. The average Bonchev–Trinajstić information content (AvgIpc) is 2.64. The summed E-state index contributed by atoms with van der Waals surface area (Å²) in [6.07, 6.45) is 0. The van der Waals surface area contributed by atoms with Crippen molar-refractivity contribution >= 4 is 41.5 Å². The normalized spacial score (nSPS) is 12.8. The molecule has 2 aromatic rings. The number of hydrogen-bond donors (Lipinski definition) is 2. The fourth-order valence-electron chi connectivity index (χ4n) is 2.36. The van der Waals surface area contributed by atoms with Gasteiger partial charge in [0, 0.05) is 17.5 Å². The van der Waals surface area contributed by atoms with Gasteiger partial charge in [0.05, 0.1) is 12.1 Å². The number of carbonyl (C=O) groups is 1. The number of methoxy groups -OCH3 is 1. The van der Waals surface area contributed by atoms with Crippen molar-refractivity contribution in [1.82, 2.24) is 5.32 Å². The summed E-state index contributed by atoms with van der Waals surface area (Å²) in [5.74, 6) is -0.134. The van der Waals surface area contributed by atoms with Crippen molar-refractivity contribution < 1.29 is 13.9 Å². The minimum absolute atomic E-state index is 0.0565. The summed E-state index contributed by atoms with van der Waals surface area (Å²) in [4.78, 5) is 15.9. The number of nitrogens with one attached hydrogen (secondary N) is 2. The number of amides is 2. The van der Waals surface area contributed by atoms with Crippen LogP contribution in [0.3, 0.4) is 0 Å². The maximum Gasteiger partial charge on any atom is 0.319 e. The zero-order chi connectivity index (χ0) is 19.1. The third-order valence-electron chi connectivity index (χ3n) is 3.65. The van der Waals surface area contributed by atoms with E-state index in [1.54, 1.807) is 0 Å². The van der Waals surface area contributed by atoms with Gasteiger partial charge in [0.2, 0.25) is 5.88 Å². The Bertz CT molecular complexity index is 944. The molecule has 2 N–H and O–H groups in total. The molecule has 0 saturated heterocycles. The Morgan fingerprint density at radius 2 is 1.96 bits per heavy atom. The van der Waals surface area contributed by atoms with Crippen LogP contribution in [0, 0.1) is 5.82 Å². The minimum atomic E-state index is -0.542. The van der Waals surface area contributed by atoms with Gasteiger partial charge in [0.25, 0.3) is 0 Å². The number of benzene rings is 2. The predicted molar refractivity (Wildman–Crippen MR) is 103 cm³/mol. The molecule has 2 aromatic carbocycles. The van der Waals surface area contributed by atoms with Crippen LogP contribution in [0.5, 0.6) is 0 Å². The molecule has 7 heteroatoms. The van der Waals surface area contributed by atoms with Crippen molar-refractivity contribution in [2.75, 3.05) is 19.0 Å². The zero-order valence-electron chi connectivity index (χ0n) is 14.5. The number of ether oxygens (including phenoxy) is 1. The first-order valence-corrected chi connectivity index (χ1v) is 8.13. The molecule has 0 atom stereocenters. The lowest BCUT2D eigenvalue weighted by Crippen LogP contribution is -2.35. The quantitative estimate of drug-likeness (QED) is 0.789. The number of anilines is 1. The number of hydrogen-bond acceptors (Lipinski definition) is 3. The van der Waals surface area contributed by atoms with E-state index in [0.717, 1.165) is 16.0 Å². The van der Waals surface area contributed by atoms with Crippen LogP contribution in [0.2, 0.25) is 5.02 Å². The van der Waals surface area contributed by atoms with Crippen LogP contribution >= 0.6 is 11.6 Å². The topological polar surface area (TPSA) is 62.7 Å². The molecule has 2 amide bonds. The van der Waals surface area contributed by atoms with E-state index in [1.165, 1.54) is 25.3 Å². The number of halogens is 2. The SMILES string of the molecule is C=N/C(OC)=c1/cccc/c1=C(/C)CNC(=O)Nc1ccc(F)c(Cl)c1. The van der Waals surface area contributed by atoms with Crippen LogP contribution in [0.4, 0.5) is 14.9 Å². The molecule has 0 fully saturated rings. The van der Waals surface area contributed by atoms with Gasteiger partial charge in [-0.15, -0.1) is 0 Å². The van der Waals surface area contributed by atoms with E-state index in [1.807, 2.05) is 31.2 Å². The second kappa shape index (κ2) is 9.01. The molecule has 26 heavy (non-hydrogen) atoms. The molecular weight excluding hydrogens is 357 g/mol. The van der Waals surface area contributed by atoms with Crippen LogP contribution in [0.15, 0.2) is 47.5 Å². The highest BCUT2D eigenvalue weighted by molar-refractivity contribution is 6.31. The lowest BCUT2D eigenvalue weighted by Gasteiger charge is -2.09. The highest BCUT2D eigenvalue weighted by Gasteiger charge is 2.05. The Balaban J connectivity index is 2.18. The monoisotopic (exact) mass is 375 g/mol. The van der Waals surface area contributed by atoms with E-state index in [0.29, 0.717) is 18.1 Å². The van der Waals surface area contributed by atoms with E-state index in [2.05, 4.69) is 22.3 Å². The first-order valence-electron chi connectivity index (χ1n) is 7.76. The molecule has 0 spiro atoms. The summed E-state index contributed by atoms with van der Waals surface area (Å²) in [7, 11) is 1.52. The third kappa shape index (κ3) is 4.83. The van der Waals surface area contributed by atoms with Gasteiger partial charge in [-0.3, -0.25) is 0 Å². The molecule has 0 aromatic heterocycles. The Labute approximate surface area is 155 Å². The van der Waals surface area contributed by atoms with Gasteiger partial charge in [-0.05, 0) is 48.7 Å². The van der Waals surface area contributed by atoms with Crippen LogP contribution in [0.1, 0.15) is 6.92 Å². The van der Waals surface area contributed by atoms with Crippen molar-refractivity contribution in [3.8, 4) is 0 Å². The molecule has 0 unspecified atom stereocenters. The molecule has 0 saturated carbocycles. The lowest BCUT2D eigenvalue weighted by atomic mass is 10.1. The van der Waals surface area contributed by atoms with Crippen molar-refractivity contribution in [2.45, 2.75) is 6.92 Å². The second-order valence-electron chi connectivity index (χ2n) is 5.43. The number of aliphatic imine (C=N–C) groups is 1. The highest BCUT2D eigenvalue weighted by atomic mass is 35.5. The van der Waals surface area contributed by atoms with Gasteiger partial charge in [0.15, 0.2) is 0 Å². The molecule has 0 radical (unpaired) electrons.